The average molecular weight is 458 g/mol. The van der Waals surface area contributed by atoms with E-state index in [9.17, 15) is 14.4 Å². The number of aryl methyl sites for hydroxylation is 1. The van der Waals surface area contributed by atoms with Gasteiger partial charge in [-0.3, -0.25) is 10.1 Å². The van der Waals surface area contributed by atoms with Gasteiger partial charge in [-0.25, -0.2) is 9.59 Å². The number of anilines is 1. The number of nitrogens with zero attached hydrogens (tertiary/aromatic N) is 3. The lowest BCUT2D eigenvalue weighted by Gasteiger charge is -2.10. The number of carbonyl (C=O) groups is 2. The molecule has 0 aliphatic heterocycles. The van der Waals surface area contributed by atoms with E-state index in [2.05, 4.69) is 20.1 Å². The molecule has 0 bridgehead atoms. The topological polar surface area (TPSA) is 142 Å². The first-order valence-electron chi connectivity index (χ1n) is 10.3. The predicted molar refractivity (Wildman–Crippen MR) is 118 cm³/mol. The van der Waals surface area contributed by atoms with Crippen molar-refractivity contribution in [3.63, 3.8) is 0 Å². The first kappa shape index (κ1) is 21.9. The second-order valence-electron chi connectivity index (χ2n) is 7.40. The van der Waals surface area contributed by atoms with Crippen LogP contribution in [0.2, 0.25) is 0 Å². The molecule has 10 nitrogen and oxygen atoms in total. The summed E-state index contributed by atoms with van der Waals surface area (Å²) in [7, 11) is 0. The van der Waals surface area contributed by atoms with E-state index in [1.807, 2.05) is 0 Å². The quantitative estimate of drug-likeness (QED) is 0.369. The number of benzene rings is 1. The fourth-order valence-electron chi connectivity index (χ4n) is 3.37. The van der Waals surface area contributed by atoms with Crippen molar-refractivity contribution < 1.29 is 18.7 Å². The van der Waals surface area contributed by atoms with Gasteiger partial charge in [0.05, 0.1) is 6.61 Å². The number of nitrogens with two attached hydrogens (primary N) is 1. The highest BCUT2D eigenvalue weighted by Crippen LogP contribution is 2.39. The van der Waals surface area contributed by atoms with Gasteiger partial charge in [0, 0.05) is 47.8 Å². The van der Waals surface area contributed by atoms with Gasteiger partial charge in [-0.1, -0.05) is 11.8 Å². The van der Waals surface area contributed by atoms with E-state index in [-0.39, 0.29) is 18.9 Å². The number of thioether (sulfide) groups is 1. The number of fused-ring (bicyclic) bond motifs is 1. The number of ether oxygens (including phenoxy) is 1. The Kier molecular flexibility index (Phi) is 6.45. The number of nitrogens with one attached hydrogen (secondary N) is 1. The molecule has 11 heteroatoms. The molecule has 2 heterocycles. The van der Waals surface area contributed by atoms with Crippen LogP contribution in [0.25, 0.3) is 11.0 Å². The summed E-state index contributed by atoms with van der Waals surface area (Å²) in [5.74, 6) is 0.859. The number of aromatic nitrogens is 3. The highest BCUT2D eigenvalue weighted by Gasteiger charge is 2.29. The van der Waals surface area contributed by atoms with Crippen LogP contribution in [0.15, 0.2) is 38.6 Å². The summed E-state index contributed by atoms with van der Waals surface area (Å²) in [6.45, 7) is 1.97. The zero-order valence-electron chi connectivity index (χ0n) is 17.5. The summed E-state index contributed by atoms with van der Waals surface area (Å²) in [4.78, 5) is 34.9. The van der Waals surface area contributed by atoms with Crippen molar-refractivity contribution >= 4 is 40.4 Å². The van der Waals surface area contributed by atoms with Crippen molar-refractivity contribution in [2.24, 2.45) is 5.73 Å². The molecular formula is C21H23N5O5S. The van der Waals surface area contributed by atoms with Crippen molar-refractivity contribution in [2.75, 3.05) is 11.9 Å². The third-order valence-electron chi connectivity index (χ3n) is 4.95. The van der Waals surface area contributed by atoms with Gasteiger partial charge in [0.15, 0.2) is 5.16 Å². The summed E-state index contributed by atoms with van der Waals surface area (Å²) >= 11 is 1.47. The second kappa shape index (κ2) is 9.43. The Morgan fingerprint density at radius 2 is 2.12 bits per heavy atom. The number of carbonyl (C=O) groups excluding carboxylic acids is 2. The SMILES string of the molecule is CCOC(=O)Nc1ccc2c(CSc3nnc(CCC(N)=O)n3C3CC3)cc(=O)oc2c1. The molecule has 1 aromatic carbocycles. The van der Waals surface area contributed by atoms with Crippen molar-refractivity contribution in [2.45, 2.75) is 49.6 Å². The fourth-order valence-corrected chi connectivity index (χ4v) is 4.38. The number of rotatable bonds is 9. The molecule has 3 N–H and O–H groups in total. The van der Waals surface area contributed by atoms with Gasteiger partial charge in [-0.15, -0.1) is 10.2 Å². The van der Waals surface area contributed by atoms with E-state index in [0.29, 0.717) is 29.5 Å². The maximum atomic E-state index is 12.1. The second-order valence-corrected chi connectivity index (χ2v) is 8.34. The number of hydrogen-bond donors (Lipinski definition) is 2. The average Bonchev–Trinajstić information content (AvgIpc) is 3.50. The zero-order valence-corrected chi connectivity index (χ0v) is 18.3. The van der Waals surface area contributed by atoms with Crippen LogP contribution in [0, 0.1) is 0 Å². The van der Waals surface area contributed by atoms with Gasteiger partial charge in [-0.2, -0.15) is 0 Å². The smallest absolute Gasteiger partial charge is 0.411 e. The predicted octanol–water partition coefficient (Wildman–Crippen LogP) is 3.00. The van der Waals surface area contributed by atoms with E-state index in [1.54, 1.807) is 25.1 Å². The van der Waals surface area contributed by atoms with Crippen LogP contribution in [0.5, 0.6) is 0 Å². The Morgan fingerprint density at radius 1 is 1.31 bits per heavy atom. The Labute approximate surface area is 187 Å². The molecule has 0 atom stereocenters. The summed E-state index contributed by atoms with van der Waals surface area (Å²) in [6.07, 6.45) is 2.19. The number of primary amides is 1. The molecule has 2 aromatic heterocycles. The third-order valence-corrected chi connectivity index (χ3v) is 5.94. The minimum Gasteiger partial charge on any atom is -0.450 e. The molecule has 0 spiro atoms. The molecule has 4 rings (SSSR count). The molecule has 0 saturated heterocycles. The van der Waals surface area contributed by atoms with Crippen LogP contribution in [-0.4, -0.2) is 33.4 Å². The molecule has 1 fully saturated rings. The van der Waals surface area contributed by atoms with Gasteiger partial charge in [0.25, 0.3) is 0 Å². The van der Waals surface area contributed by atoms with Crippen LogP contribution in [0.4, 0.5) is 10.5 Å². The Morgan fingerprint density at radius 3 is 2.84 bits per heavy atom. The van der Waals surface area contributed by atoms with E-state index in [1.165, 1.54) is 17.8 Å². The van der Waals surface area contributed by atoms with Crippen molar-refractivity contribution in [1.29, 1.82) is 0 Å². The zero-order chi connectivity index (χ0) is 22.7. The molecule has 1 aliphatic rings. The van der Waals surface area contributed by atoms with Gasteiger partial charge in [0.2, 0.25) is 5.91 Å². The van der Waals surface area contributed by atoms with Crippen LogP contribution in [0.1, 0.15) is 43.6 Å². The highest BCUT2D eigenvalue weighted by molar-refractivity contribution is 7.98. The molecule has 32 heavy (non-hydrogen) atoms. The molecule has 0 radical (unpaired) electrons. The molecule has 2 amide bonds. The number of amides is 2. The molecular weight excluding hydrogens is 434 g/mol. The van der Waals surface area contributed by atoms with E-state index < -0.39 is 11.7 Å². The first-order chi connectivity index (χ1) is 15.4. The molecule has 1 saturated carbocycles. The lowest BCUT2D eigenvalue weighted by Crippen LogP contribution is -2.13. The highest BCUT2D eigenvalue weighted by atomic mass is 32.2. The molecule has 3 aromatic rings. The lowest BCUT2D eigenvalue weighted by atomic mass is 10.1. The maximum Gasteiger partial charge on any atom is 0.411 e. The first-order valence-corrected chi connectivity index (χ1v) is 11.3. The summed E-state index contributed by atoms with van der Waals surface area (Å²) in [5.41, 5.74) is 6.42. The molecule has 168 valence electrons. The standard InChI is InChI=1S/C21H23N5O5S/c1-2-30-21(29)23-13-3-6-15-12(9-19(28)31-16(15)10-13)11-32-20-25-24-18(8-7-17(22)27)26(20)14-4-5-14/h3,6,9-10,14H,2,4-5,7-8,11H2,1H3,(H2,22,27)(H,23,29). The summed E-state index contributed by atoms with van der Waals surface area (Å²) < 4.78 is 12.3. The van der Waals surface area contributed by atoms with Crippen LogP contribution >= 0.6 is 11.8 Å². The van der Waals surface area contributed by atoms with Crippen molar-refractivity contribution in [3.05, 3.63) is 46.1 Å². The number of hydrogen-bond acceptors (Lipinski definition) is 8. The Hall–Kier alpha value is -3.34. The maximum absolute atomic E-state index is 12.1. The van der Waals surface area contributed by atoms with Crippen molar-refractivity contribution in [3.8, 4) is 0 Å². The van der Waals surface area contributed by atoms with Gasteiger partial charge < -0.3 is 19.5 Å². The third kappa shape index (κ3) is 5.10. The minimum atomic E-state index is -0.576. The minimum absolute atomic E-state index is 0.224. The largest absolute Gasteiger partial charge is 0.450 e. The van der Waals surface area contributed by atoms with Gasteiger partial charge in [0.1, 0.15) is 11.4 Å². The molecule has 1 aliphatic carbocycles. The normalized spacial score (nSPS) is 13.3. The van der Waals surface area contributed by atoms with E-state index in [0.717, 1.165) is 34.8 Å². The van der Waals surface area contributed by atoms with E-state index in [4.69, 9.17) is 14.9 Å². The Bertz CT molecular complexity index is 1220. The molecule has 0 unspecified atom stereocenters. The Balaban J connectivity index is 1.55. The van der Waals surface area contributed by atoms with Crippen LogP contribution in [0.3, 0.4) is 0 Å². The van der Waals surface area contributed by atoms with E-state index >= 15 is 0 Å². The summed E-state index contributed by atoms with van der Waals surface area (Å²) in [5, 5.41) is 12.7. The fraction of sp³-hybridized carbons (Fsp3) is 0.381. The summed E-state index contributed by atoms with van der Waals surface area (Å²) in [6, 6.07) is 6.90. The monoisotopic (exact) mass is 457 g/mol. The van der Waals surface area contributed by atoms with Crippen LogP contribution < -0.4 is 16.7 Å². The van der Waals surface area contributed by atoms with Gasteiger partial charge >= 0.3 is 11.7 Å². The van der Waals surface area contributed by atoms with Crippen LogP contribution in [-0.2, 0) is 21.7 Å². The lowest BCUT2D eigenvalue weighted by molar-refractivity contribution is -0.118. The van der Waals surface area contributed by atoms with Gasteiger partial charge in [-0.05, 0) is 37.5 Å². The van der Waals surface area contributed by atoms with Crippen molar-refractivity contribution in [1.82, 2.24) is 14.8 Å².